The minimum atomic E-state index is -0.539. The van der Waals surface area contributed by atoms with Crippen LogP contribution in [0, 0.1) is 0 Å². The van der Waals surface area contributed by atoms with Crippen LogP contribution in [0.5, 0.6) is 0 Å². The number of rotatable bonds is 3. The second kappa shape index (κ2) is 9.22. The van der Waals surface area contributed by atoms with Crippen molar-refractivity contribution in [2.45, 2.75) is 0 Å². The summed E-state index contributed by atoms with van der Waals surface area (Å²) in [5, 5.41) is 3.81. The molecule has 0 heterocycles. The van der Waals surface area contributed by atoms with Crippen LogP contribution in [0.25, 0.3) is 76.5 Å². The van der Waals surface area contributed by atoms with Crippen molar-refractivity contribution >= 4 is 43.1 Å². The lowest BCUT2D eigenvalue weighted by atomic mass is 9.83. The van der Waals surface area contributed by atoms with E-state index in [2.05, 4.69) is 0 Å². The summed E-state index contributed by atoms with van der Waals surface area (Å²) < 4.78 is 97.0. The fraction of sp³-hybridized carbons (Fsp3) is 0. The van der Waals surface area contributed by atoms with E-state index in [-0.39, 0.29) is 52.6 Å². The first-order chi connectivity index (χ1) is 24.4. The van der Waals surface area contributed by atoms with Gasteiger partial charge in [-0.25, -0.2) is 0 Å². The summed E-state index contributed by atoms with van der Waals surface area (Å²) in [4.78, 5) is 0. The summed E-state index contributed by atoms with van der Waals surface area (Å²) in [5.74, 6) is 0. The van der Waals surface area contributed by atoms with Crippen molar-refractivity contribution in [1.29, 1.82) is 0 Å². The van der Waals surface area contributed by atoms with Gasteiger partial charge < -0.3 is 0 Å². The fourth-order valence-electron chi connectivity index (χ4n) is 5.63. The molecule has 0 saturated heterocycles. The summed E-state index contributed by atoms with van der Waals surface area (Å²) in [6.07, 6.45) is 0. The molecule has 0 aliphatic heterocycles. The molecule has 0 bridgehead atoms. The molecule has 0 atom stereocenters. The predicted molar refractivity (Wildman–Crippen MR) is 173 cm³/mol. The average molecular weight is 518 g/mol. The van der Waals surface area contributed by atoms with Gasteiger partial charge >= 0.3 is 0 Å². The van der Waals surface area contributed by atoms with Gasteiger partial charge in [0.1, 0.15) is 0 Å². The molecule has 0 saturated carbocycles. The summed E-state index contributed by atoms with van der Waals surface area (Å²) >= 11 is 0. The molecular weight excluding hydrogens is 480 g/mol. The van der Waals surface area contributed by atoms with Crippen molar-refractivity contribution in [3.8, 4) is 33.4 Å². The zero-order chi connectivity index (χ0) is 36.0. The third-order valence-corrected chi connectivity index (χ3v) is 7.41. The SMILES string of the molecule is [2H]c1c([2H])c([2H])c(-c2c3ccccc3c(-c3c([2H])c([2H])c4c([2H])c([2H])c([2H])c([2H])c4c3[2H])c3ccccc23)c(-c2ccc3ccccc3c2)c1[2H]. The molecule has 0 radical (unpaired) electrons. The summed E-state index contributed by atoms with van der Waals surface area (Å²) in [5.41, 5.74) is 2.20. The smallest absolute Gasteiger partial charge is 0.0616 e. The number of benzene rings is 8. The van der Waals surface area contributed by atoms with E-state index >= 15 is 0 Å². The lowest BCUT2D eigenvalue weighted by Gasteiger charge is -2.20. The van der Waals surface area contributed by atoms with Crippen LogP contribution in [0.1, 0.15) is 15.1 Å². The normalized spacial score (nSPS) is 15.3. The highest BCUT2D eigenvalue weighted by atomic mass is 14.2. The monoisotopic (exact) mass is 517 g/mol. The van der Waals surface area contributed by atoms with Gasteiger partial charge in [-0.05, 0) is 88.6 Å². The van der Waals surface area contributed by atoms with E-state index in [1.54, 1.807) is 24.3 Å². The molecule has 0 aliphatic rings. The molecule has 0 aliphatic carbocycles. The Morgan fingerprint density at radius 2 is 0.950 bits per heavy atom. The molecule has 186 valence electrons. The largest absolute Gasteiger partial charge is 0.0636 e. The van der Waals surface area contributed by atoms with Gasteiger partial charge in [0.15, 0.2) is 0 Å². The highest BCUT2D eigenvalue weighted by Gasteiger charge is 2.18. The van der Waals surface area contributed by atoms with Gasteiger partial charge in [-0.3, -0.25) is 0 Å². The lowest BCUT2D eigenvalue weighted by molar-refractivity contribution is 1.62. The topological polar surface area (TPSA) is 0 Å². The molecule has 8 aromatic rings. The molecule has 0 unspecified atom stereocenters. The van der Waals surface area contributed by atoms with Crippen LogP contribution in [-0.4, -0.2) is 0 Å². The standard InChI is InChI=1S/C40H26/c1-3-13-29-25-31(23-21-27(29)11-1)33-15-5-6-16-34(33)40-37-19-9-7-17-35(37)39(36-18-8-10-20-38(36)40)32-24-22-28-12-2-4-14-30(28)26-32/h1-26H/i2D,4D,5D,6D,12D,14D,15D,16D,22D,24D,26D. The number of hydrogen-bond acceptors (Lipinski definition) is 0. The minimum absolute atomic E-state index is 0.0289. The Bertz CT molecular complexity index is 2770. The van der Waals surface area contributed by atoms with E-state index in [9.17, 15) is 4.11 Å². The summed E-state index contributed by atoms with van der Waals surface area (Å²) in [7, 11) is 0. The molecule has 0 fully saturated rings. The van der Waals surface area contributed by atoms with E-state index in [1.807, 2.05) is 66.7 Å². The first kappa shape index (κ1) is 14.3. The van der Waals surface area contributed by atoms with Crippen molar-refractivity contribution in [1.82, 2.24) is 0 Å². The molecule has 0 nitrogen and oxygen atoms in total. The molecule has 0 aromatic heterocycles. The third kappa shape index (κ3) is 3.61. The molecule has 0 heteroatoms. The number of hydrogen-bond donors (Lipinski definition) is 0. The maximum atomic E-state index is 9.36. The third-order valence-electron chi connectivity index (χ3n) is 7.41. The van der Waals surface area contributed by atoms with Gasteiger partial charge in [-0.15, -0.1) is 0 Å². The molecular formula is C40H26. The Morgan fingerprint density at radius 1 is 0.375 bits per heavy atom. The van der Waals surface area contributed by atoms with Gasteiger partial charge in [0.2, 0.25) is 0 Å². The fourth-order valence-corrected chi connectivity index (χ4v) is 5.63. The van der Waals surface area contributed by atoms with Crippen LogP contribution >= 0.6 is 0 Å². The first-order valence-corrected chi connectivity index (χ1v) is 13.0. The van der Waals surface area contributed by atoms with Crippen molar-refractivity contribution in [2.24, 2.45) is 0 Å². The highest BCUT2D eigenvalue weighted by Crippen LogP contribution is 2.46. The molecule has 8 rings (SSSR count). The second-order valence-electron chi connectivity index (χ2n) is 9.65. The van der Waals surface area contributed by atoms with Crippen molar-refractivity contribution in [2.75, 3.05) is 0 Å². The van der Waals surface area contributed by atoms with Crippen LogP contribution in [0.15, 0.2) is 157 Å². The minimum Gasteiger partial charge on any atom is -0.0616 e. The van der Waals surface area contributed by atoms with E-state index in [0.29, 0.717) is 49.4 Å². The lowest BCUT2D eigenvalue weighted by Crippen LogP contribution is -1.92. The van der Waals surface area contributed by atoms with Crippen molar-refractivity contribution in [3.63, 3.8) is 0 Å². The number of fused-ring (bicyclic) bond motifs is 4. The molecule has 0 amide bonds. The van der Waals surface area contributed by atoms with Crippen LogP contribution in [0.2, 0.25) is 0 Å². The Hall–Kier alpha value is -5.20. The van der Waals surface area contributed by atoms with Crippen LogP contribution in [0.4, 0.5) is 0 Å². The van der Waals surface area contributed by atoms with Gasteiger partial charge in [0.25, 0.3) is 0 Å². The Balaban J connectivity index is 1.57. The van der Waals surface area contributed by atoms with Gasteiger partial charge in [-0.2, -0.15) is 0 Å². The summed E-state index contributed by atoms with van der Waals surface area (Å²) in [6.45, 7) is 0. The van der Waals surface area contributed by atoms with E-state index in [1.165, 1.54) is 0 Å². The average Bonchev–Trinajstić information content (AvgIpc) is 3.14. The Kier molecular flexibility index (Phi) is 3.29. The predicted octanol–water partition coefficient (Wildman–Crippen LogP) is 11.3. The van der Waals surface area contributed by atoms with Gasteiger partial charge in [0.05, 0.1) is 15.1 Å². The molecule has 0 N–H and O–H groups in total. The van der Waals surface area contributed by atoms with Crippen LogP contribution in [0.3, 0.4) is 0 Å². The molecule has 8 aromatic carbocycles. The summed E-state index contributed by atoms with van der Waals surface area (Å²) in [6, 6.07) is 23.6. The van der Waals surface area contributed by atoms with Crippen molar-refractivity contribution in [3.05, 3.63) is 157 Å². The van der Waals surface area contributed by atoms with Crippen LogP contribution < -0.4 is 0 Å². The molecule has 0 spiro atoms. The van der Waals surface area contributed by atoms with Crippen LogP contribution in [-0.2, 0) is 0 Å². The molecule has 40 heavy (non-hydrogen) atoms. The Labute approximate surface area is 249 Å². The van der Waals surface area contributed by atoms with Gasteiger partial charge in [-0.1, -0.05) is 145 Å². The zero-order valence-corrected chi connectivity index (χ0v) is 21.2. The van der Waals surface area contributed by atoms with Gasteiger partial charge in [0, 0.05) is 0 Å². The maximum absolute atomic E-state index is 9.36. The zero-order valence-electron chi connectivity index (χ0n) is 32.2. The van der Waals surface area contributed by atoms with E-state index < -0.39 is 30.2 Å². The van der Waals surface area contributed by atoms with E-state index in [0.717, 1.165) is 10.8 Å². The second-order valence-corrected chi connectivity index (χ2v) is 9.65. The first-order valence-electron chi connectivity index (χ1n) is 18.5. The Morgan fingerprint density at radius 3 is 1.68 bits per heavy atom. The van der Waals surface area contributed by atoms with E-state index in [4.69, 9.17) is 11.0 Å². The van der Waals surface area contributed by atoms with Crippen molar-refractivity contribution < 1.29 is 15.1 Å². The maximum Gasteiger partial charge on any atom is 0.0636 e. The highest BCUT2D eigenvalue weighted by molar-refractivity contribution is 6.22. The quantitative estimate of drug-likeness (QED) is 0.204.